The molecule has 0 spiro atoms. The van der Waals surface area contributed by atoms with Crippen molar-refractivity contribution in [2.45, 2.75) is 32.2 Å². The van der Waals surface area contributed by atoms with Crippen molar-refractivity contribution in [1.82, 2.24) is 4.90 Å². The average Bonchev–Trinajstić information content (AvgIpc) is 2.60. The minimum Gasteiger partial charge on any atom is -0.464 e. The number of likely N-dealkylation sites (tertiary alicyclic amines) is 1. The molecule has 2 rings (SSSR count). The monoisotopic (exact) mass is 397 g/mol. The number of nitrogens with zero attached hydrogens (tertiary/aromatic N) is 1. The molecule has 1 heterocycles. The van der Waals surface area contributed by atoms with Gasteiger partial charge in [0.05, 0.1) is 12.2 Å². The topological polar surface area (TPSA) is 72.9 Å². The maximum Gasteiger partial charge on any atom is 0.338 e. The molecule has 0 N–H and O–H groups in total. The van der Waals surface area contributed by atoms with Crippen LogP contribution in [0, 0.1) is 0 Å². The third-order valence-electron chi connectivity index (χ3n) is 3.79. The van der Waals surface area contributed by atoms with Crippen LogP contribution >= 0.6 is 15.9 Å². The van der Waals surface area contributed by atoms with E-state index >= 15 is 0 Å². The number of esters is 2. The maximum absolute atomic E-state index is 12.3. The minimum atomic E-state index is -0.586. The number of hydrogen-bond acceptors (Lipinski definition) is 5. The van der Waals surface area contributed by atoms with Crippen LogP contribution in [0.5, 0.6) is 0 Å². The number of carbonyl (C=O) groups is 3. The fourth-order valence-electron chi connectivity index (χ4n) is 2.59. The van der Waals surface area contributed by atoms with Gasteiger partial charge in [-0.25, -0.2) is 9.59 Å². The zero-order valence-corrected chi connectivity index (χ0v) is 15.1. The molecule has 1 fully saturated rings. The summed E-state index contributed by atoms with van der Waals surface area (Å²) in [7, 11) is 0. The molecule has 1 unspecified atom stereocenters. The highest BCUT2D eigenvalue weighted by Gasteiger charge is 2.33. The van der Waals surface area contributed by atoms with E-state index in [9.17, 15) is 14.4 Å². The van der Waals surface area contributed by atoms with Crippen molar-refractivity contribution >= 4 is 33.8 Å². The zero-order valence-electron chi connectivity index (χ0n) is 13.5. The Hall–Kier alpha value is -1.89. The van der Waals surface area contributed by atoms with E-state index in [1.807, 2.05) is 0 Å². The molecule has 24 heavy (non-hydrogen) atoms. The summed E-state index contributed by atoms with van der Waals surface area (Å²) in [5, 5.41) is 0. The van der Waals surface area contributed by atoms with Gasteiger partial charge in [0.25, 0.3) is 5.91 Å². The second kappa shape index (κ2) is 8.82. The molecule has 0 aliphatic carbocycles. The molecule has 130 valence electrons. The van der Waals surface area contributed by atoms with Crippen LogP contribution in [-0.2, 0) is 19.1 Å². The summed E-state index contributed by atoms with van der Waals surface area (Å²) in [6.45, 7) is 2.09. The molecule has 1 aromatic rings. The lowest BCUT2D eigenvalue weighted by molar-refractivity contribution is -0.157. The molecule has 0 aromatic heterocycles. The van der Waals surface area contributed by atoms with Gasteiger partial charge in [-0.1, -0.05) is 15.9 Å². The summed E-state index contributed by atoms with van der Waals surface area (Å²) < 4.78 is 10.9. The van der Waals surface area contributed by atoms with Gasteiger partial charge in [-0.3, -0.25) is 4.79 Å². The fraction of sp³-hybridized carbons (Fsp3) is 0.471. The summed E-state index contributed by atoms with van der Waals surface area (Å²) in [6.07, 6.45) is 2.26. The Morgan fingerprint density at radius 2 is 1.88 bits per heavy atom. The third kappa shape index (κ3) is 4.80. The number of amides is 1. The summed E-state index contributed by atoms with van der Waals surface area (Å²) in [6, 6.07) is 6.08. The normalized spacial score (nSPS) is 17.2. The Labute approximate surface area is 149 Å². The summed E-state index contributed by atoms with van der Waals surface area (Å²) in [5.41, 5.74) is 0.367. The Balaban J connectivity index is 1.93. The lowest BCUT2D eigenvalue weighted by atomic mass is 10.0. The number of rotatable bonds is 5. The molecule has 0 saturated carbocycles. The van der Waals surface area contributed by atoms with Gasteiger partial charge >= 0.3 is 11.9 Å². The number of hydrogen-bond donors (Lipinski definition) is 0. The summed E-state index contributed by atoms with van der Waals surface area (Å²) >= 11 is 3.28. The Morgan fingerprint density at radius 3 is 2.54 bits per heavy atom. The van der Waals surface area contributed by atoms with Crippen molar-refractivity contribution in [3.63, 3.8) is 0 Å². The summed E-state index contributed by atoms with van der Waals surface area (Å²) in [5.74, 6) is -1.34. The molecule has 6 nitrogen and oxygen atoms in total. The van der Waals surface area contributed by atoms with E-state index in [2.05, 4.69) is 15.9 Å². The van der Waals surface area contributed by atoms with E-state index in [0.29, 0.717) is 18.5 Å². The molecule has 1 amide bonds. The SMILES string of the molecule is CCOC(=O)C1CCCCN1C(=O)COC(=O)c1ccc(Br)cc1. The van der Waals surface area contributed by atoms with Gasteiger partial charge in [-0.2, -0.15) is 0 Å². The first kappa shape index (κ1) is 18.4. The number of piperidine rings is 1. The van der Waals surface area contributed by atoms with E-state index in [-0.39, 0.29) is 19.1 Å². The quantitative estimate of drug-likeness (QED) is 0.713. The molecule has 1 aromatic carbocycles. The van der Waals surface area contributed by atoms with Gasteiger partial charge in [-0.15, -0.1) is 0 Å². The van der Waals surface area contributed by atoms with Gasteiger partial charge in [0, 0.05) is 11.0 Å². The Morgan fingerprint density at radius 1 is 1.17 bits per heavy atom. The van der Waals surface area contributed by atoms with Crippen molar-refractivity contribution < 1.29 is 23.9 Å². The number of benzene rings is 1. The first-order valence-electron chi connectivity index (χ1n) is 7.91. The van der Waals surface area contributed by atoms with Crippen LogP contribution in [-0.4, -0.2) is 48.5 Å². The largest absolute Gasteiger partial charge is 0.464 e. The Kier molecular flexibility index (Phi) is 6.78. The highest BCUT2D eigenvalue weighted by Crippen LogP contribution is 2.19. The number of carbonyl (C=O) groups excluding carboxylic acids is 3. The predicted octanol–water partition coefficient (Wildman–Crippen LogP) is 2.55. The molecule has 0 radical (unpaired) electrons. The van der Waals surface area contributed by atoms with Crippen molar-refractivity contribution in [2.75, 3.05) is 19.8 Å². The van der Waals surface area contributed by atoms with Crippen LogP contribution in [0.2, 0.25) is 0 Å². The third-order valence-corrected chi connectivity index (χ3v) is 4.32. The zero-order chi connectivity index (χ0) is 17.5. The predicted molar refractivity (Wildman–Crippen MR) is 90.4 cm³/mol. The molecule has 0 bridgehead atoms. The van der Waals surface area contributed by atoms with Crippen molar-refractivity contribution in [1.29, 1.82) is 0 Å². The molecule has 7 heteroatoms. The molecule has 1 atom stereocenters. The molecular formula is C17H20BrNO5. The van der Waals surface area contributed by atoms with E-state index in [1.165, 1.54) is 4.90 Å². The van der Waals surface area contributed by atoms with Gasteiger partial charge in [0.2, 0.25) is 0 Å². The molecule has 1 aliphatic rings. The molecule has 1 saturated heterocycles. The number of halogens is 1. The van der Waals surface area contributed by atoms with Crippen LogP contribution in [0.4, 0.5) is 0 Å². The highest BCUT2D eigenvalue weighted by atomic mass is 79.9. The van der Waals surface area contributed by atoms with Gasteiger partial charge in [0.15, 0.2) is 6.61 Å². The van der Waals surface area contributed by atoms with Crippen molar-refractivity contribution in [3.05, 3.63) is 34.3 Å². The minimum absolute atomic E-state index is 0.274. The lowest BCUT2D eigenvalue weighted by Gasteiger charge is -2.33. The van der Waals surface area contributed by atoms with E-state index in [0.717, 1.165) is 17.3 Å². The van der Waals surface area contributed by atoms with Crippen LogP contribution in [0.25, 0.3) is 0 Å². The first-order chi connectivity index (χ1) is 11.5. The average molecular weight is 398 g/mol. The summed E-state index contributed by atoms with van der Waals surface area (Å²) in [4.78, 5) is 37.7. The second-order valence-corrected chi connectivity index (χ2v) is 6.35. The Bertz CT molecular complexity index is 602. The van der Waals surface area contributed by atoms with E-state index in [4.69, 9.17) is 9.47 Å². The first-order valence-corrected chi connectivity index (χ1v) is 8.71. The highest BCUT2D eigenvalue weighted by molar-refractivity contribution is 9.10. The van der Waals surface area contributed by atoms with Crippen molar-refractivity contribution in [3.8, 4) is 0 Å². The van der Waals surface area contributed by atoms with Crippen molar-refractivity contribution in [2.24, 2.45) is 0 Å². The van der Waals surface area contributed by atoms with Crippen LogP contribution in [0.15, 0.2) is 28.7 Å². The van der Waals surface area contributed by atoms with Crippen LogP contribution in [0.3, 0.4) is 0 Å². The van der Waals surface area contributed by atoms with Gasteiger partial charge in [-0.05, 0) is 50.5 Å². The number of ether oxygens (including phenoxy) is 2. The second-order valence-electron chi connectivity index (χ2n) is 5.43. The van der Waals surface area contributed by atoms with E-state index < -0.39 is 18.0 Å². The standard InChI is InChI=1S/C17H20BrNO5/c1-2-23-17(22)14-5-3-4-10-19(14)15(20)11-24-16(21)12-6-8-13(18)9-7-12/h6-9,14H,2-5,10-11H2,1H3. The van der Waals surface area contributed by atoms with Gasteiger partial charge < -0.3 is 14.4 Å². The fourth-order valence-corrected chi connectivity index (χ4v) is 2.86. The molecular weight excluding hydrogens is 378 g/mol. The van der Waals surface area contributed by atoms with Crippen LogP contribution < -0.4 is 0 Å². The van der Waals surface area contributed by atoms with Crippen LogP contribution in [0.1, 0.15) is 36.5 Å². The van der Waals surface area contributed by atoms with E-state index in [1.54, 1.807) is 31.2 Å². The molecule has 1 aliphatic heterocycles. The maximum atomic E-state index is 12.3. The smallest absolute Gasteiger partial charge is 0.338 e. The van der Waals surface area contributed by atoms with Gasteiger partial charge in [0.1, 0.15) is 6.04 Å². The lowest BCUT2D eigenvalue weighted by Crippen LogP contribution is -2.50.